The zero-order chi connectivity index (χ0) is 11.0. The molecule has 1 aromatic rings. The zero-order valence-corrected chi connectivity index (χ0v) is 9.01. The molecular weight excluding hydrogens is 222 g/mol. The van der Waals surface area contributed by atoms with Gasteiger partial charge in [0, 0.05) is 19.2 Å². The van der Waals surface area contributed by atoms with Crippen molar-refractivity contribution in [2.75, 3.05) is 18.0 Å². The van der Waals surface area contributed by atoms with Crippen LogP contribution in [0.3, 0.4) is 0 Å². The van der Waals surface area contributed by atoms with E-state index in [1.54, 1.807) is 4.90 Å². The molecule has 2 unspecified atom stereocenters. The van der Waals surface area contributed by atoms with Crippen LogP contribution in [0.5, 0.6) is 0 Å². The second-order valence-corrected chi connectivity index (χ2v) is 4.42. The van der Waals surface area contributed by atoms with Gasteiger partial charge >= 0.3 is 0 Å². The van der Waals surface area contributed by atoms with Crippen LogP contribution in [0.4, 0.5) is 14.6 Å². The number of rotatable bonds is 1. The van der Waals surface area contributed by atoms with Gasteiger partial charge < -0.3 is 4.90 Å². The Morgan fingerprint density at radius 1 is 1.47 bits per heavy atom. The molecule has 0 spiro atoms. The van der Waals surface area contributed by atoms with Crippen LogP contribution in [0.1, 0.15) is 6.92 Å². The second-order valence-electron chi connectivity index (χ2n) is 3.86. The van der Waals surface area contributed by atoms with Crippen molar-refractivity contribution in [1.29, 1.82) is 0 Å². The summed E-state index contributed by atoms with van der Waals surface area (Å²) in [5, 5.41) is -0.00347. The number of pyridine rings is 1. The van der Waals surface area contributed by atoms with Crippen LogP contribution >= 0.6 is 11.6 Å². The Morgan fingerprint density at radius 3 is 2.73 bits per heavy atom. The SMILES string of the molecule is CC1CN(c2ncc(F)cc2F)CC1Cl. The van der Waals surface area contributed by atoms with Crippen LogP contribution in [0, 0.1) is 17.6 Å². The maximum absolute atomic E-state index is 13.4. The summed E-state index contributed by atoms with van der Waals surface area (Å²) in [6.07, 6.45) is 1.02. The van der Waals surface area contributed by atoms with Crippen molar-refractivity contribution < 1.29 is 8.78 Å². The van der Waals surface area contributed by atoms with Crippen molar-refractivity contribution in [1.82, 2.24) is 4.98 Å². The Balaban J connectivity index is 2.24. The lowest BCUT2D eigenvalue weighted by Gasteiger charge is -2.16. The van der Waals surface area contributed by atoms with E-state index in [2.05, 4.69) is 4.98 Å². The molecule has 0 aliphatic carbocycles. The minimum atomic E-state index is -0.661. The lowest BCUT2D eigenvalue weighted by atomic mass is 10.2. The highest BCUT2D eigenvalue weighted by molar-refractivity contribution is 6.21. The monoisotopic (exact) mass is 232 g/mol. The third-order valence-corrected chi connectivity index (χ3v) is 3.18. The molecule has 0 amide bonds. The molecule has 0 bridgehead atoms. The normalized spacial score (nSPS) is 26.0. The van der Waals surface area contributed by atoms with Crippen molar-refractivity contribution in [3.63, 3.8) is 0 Å². The zero-order valence-electron chi connectivity index (χ0n) is 8.25. The van der Waals surface area contributed by atoms with Crippen molar-refractivity contribution in [3.05, 3.63) is 23.9 Å². The summed E-state index contributed by atoms with van der Waals surface area (Å²) in [6.45, 7) is 3.21. The molecule has 2 rings (SSSR count). The van der Waals surface area contributed by atoms with Gasteiger partial charge in [0.2, 0.25) is 0 Å². The van der Waals surface area contributed by atoms with Crippen molar-refractivity contribution in [2.24, 2.45) is 5.92 Å². The van der Waals surface area contributed by atoms with E-state index in [9.17, 15) is 8.78 Å². The fourth-order valence-corrected chi connectivity index (χ4v) is 1.99. The average Bonchev–Trinajstić information content (AvgIpc) is 2.46. The van der Waals surface area contributed by atoms with E-state index >= 15 is 0 Å². The Morgan fingerprint density at radius 2 is 2.20 bits per heavy atom. The maximum atomic E-state index is 13.4. The van der Waals surface area contributed by atoms with Crippen LogP contribution in [0.15, 0.2) is 12.3 Å². The van der Waals surface area contributed by atoms with Gasteiger partial charge in [0.25, 0.3) is 0 Å². The fourth-order valence-electron chi connectivity index (χ4n) is 1.74. The molecular formula is C10H11ClF2N2. The molecule has 1 fully saturated rings. The first-order valence-electron chi connectivity index (χ1n) is 4.78. The van der Waals surface area contributed by atoms with Gasteiger partial charge in [-0.15, -0.1) is 11.6 Å². The number of hydrogen-bond donors (Lipinski definition) is 0. The summed E-state index contributed by atoms with van der Waals surface area (Å²) in [7, 11) is 0. The molecule has 1 aliphatic heterocycles. The highest BCUT2D eigenvalue weighted by Gasteiger charge is 2.30. The van der Waals surface area contributed by atoms with Crippen LogP contribution in [-0.4, -0.2) is 23.5 Å². The minimum Gasteiger partial charge on any atom is -0.352 e. The largest absolute Gasteiger partial charge is 0.352 e. The fraction of sp³-hybridized carbons (Fsp3) is 0.500. The second kappa shape index (κ2) is 3.93. The van der Waals surface area contributed by atoms with Gasteiger partial charge in [-0.05, 0) is 5.92 Å². The summed E-state index contributed by atoms with van der Waals surface area (Å²) in [5.41, 5.74) is 0. The van der Waals surface area contributed by atoms with Crippen molar-refractivity contribution in [2.45, 2.75) is 12.3 Å². The maximum Gasteiger partial charge on any atom is 0.168 e. The summed E-state index contributed by atoms with van der Waals surface area (Å²) < 4.78 is 26.0. The van der Waals surface area contributed by atoms with E-state index in [1.165, 1.54) is 0 Å². The third-order valence-electron chi connectivity index (χ3n) is 2.61. The van der Waals surface area contributed by atoms with Gasteiger partial charge in [0.15, 0.2) is 11.6 Å². The van der Waals surface area contributed by atoms with E-state index < -0.39 is 11.6 Å². The topological polar surface area (TPSA) is 16.1 Å². The van der Waals surface area contributed by atoms with E-state index in [0.29, 0.717) is 13.1 Å². The van der Waals surface area contributed by atoms with E-state index in [4.69, 9.17) is 11.6 Å². The van der Waals surface area contributed by atoms with Crippen LogP contribution < -0.4 is 4.90 Å². The van der Waals surface area contributed by atoms with Gasteiger partial charge in [0.1, 0.15) is 5.82 Å². The Kier molecular flexibility index (Phi) is 2.78. The van der Waals surface area contributed by atoms with Gasteiger partial charge in [-0.1, -0.05) is 6.92 Å². The molecule has 1 aliphatic rings. The summed E-state index contributed by atoms with van der Waals surface area (Å²) in [6, 6.07) is 0.842. The number of alkyl halides is 1. The van der Waals surface area contributed by atoms with Gasteiger partial charge in [0.05, 0.1) is 11.6 Å². The van der Waals surface area contributed by atoms with Crippen molar-refractivity contribution in [3.8, 4) is 0 Å². The van der Waals surface area contributed by atoms with Gasteiger partial charge in [-0.2, -0.15) is 0 Å². The quantitative estimate of drug-likeness (QED) is 0.692. The first-order valence-corrected chi connectivity index (χ1v) is 5.21. The molecule has 15 heavy (non-hydrogen) atoms. The Labute approximate surface area is 91.9 Å². The van der Waals surface area contributed by atoms with Crippen LogP contribution in [-0.2, 0) is 0 Å². The lowest BCUT2D eigenvalue weighted by Crippen LogP contribution is -2.22. The van der Waals surface area contributed by atoms with E-state index in [1.807, 2.05) is 6.92 Å². The predicted octanol–water partition coefficient (Wildman–Crippen LogP) is 2.42. The Bertz CT molecular complexity index is 362. The standard InChI is InChI=1S/C10H11ClF2N2/c1-6-4-15(5-8(6)11)10-9(13)2-7(12)3-14-10/h2-3,6,8H,4-5H2,1H3. The lowest BCUT2D eigenvalue weighted by molar-refractivity contribution is 0.569. The molecule has 82 valence electrons. The molecule has 2 nitrogen and oxygen atoms in total. The van der Waals surface area contributed by atoms with Crippen molar-refractivity contribution >= 4 is 17.4 Å². The van der Waals surface area contributed by atoms with E-state index in [-0.39, 0.29) is 17.1 Å². The third kappa shape index (κ3) is 2.04. The number of anilines is 1. The molecule has 1 saturated heterocycles. The number of aromatic nitrogens is 1. The summed E-state index contributed by atoms with van der Waals surface area (Å²) >= 11 is 6.02. The molecule has 0 aromatic carbocycles. The first kappa shape index (κ1) is 10.6. The molecule has 0 radical (unpaired) electrons. The number of hydrogen-bond acceptors (Lipinski definition) is 2. The molecule has 2 heterocycles. The highest BCUT2D eigenvalue weighted by Crippen LogP contribution is 2.27. The summed E-state index contributed by atoms with van der Waals surface area (Å²) in [5.74, 6) is -0.816. The molecule has 1 aromatic heterocycles. The highest BCUT2D eigenvalue weighted by atomic mass is 35.5. The van der Waals surface area contributed by atoms with Gasteiger partial charge in [-0.3, -0.25) is 0 Å². The number of halogens is 3. The average molecular weight is 233 g/mol. The van der Waals surface area contributed by atoms with E-state index in [0.717, 1.165) is 12.3 Å². The molecule has 0 N–H and O–H groups in total. The smallest absolute Gasteiger partial charge is 0.168 e. The van der Waals surface area contributed by atoms with Gasteiger partial charge in [-0.25, -0.2) is 13.8 Å². The Hall–Kier alpha value is -0.900. The molecule has 2 atom stereocenters. The van der Waals surface area contributed by atoms with Crippen LogP contribution in [0.2, 0.25) is 0 Å². The number of nitrogens with zero attached hydrogens (tertiary/aromatic N) is 2. The predicted molar refractivity (Wildman–Crippen MR) is 55.2 cm³/mol. The first-order chi connectivity index (χ1) is 7.08. The van der Waals surface area contributed by atoms with Crippen LogP contribution in [0.25, 0.3) is 0 Å². The minimum absolute atomic E-state index is 0.00347. The molecule has 0 saturated carbocycles. The molecule has 5 heteroatoms. The summed E-state index contributed by atoms with van der Waals surface area (Å²) in [4.78, 5) is 5.49.